The van der Waals surface area contributed by atoms with Crippen molar-refractivity contribution in [3.05, 3.63) is 47.0 Å². The third kappa shape index (κ3) is 2.90. The lowest BCUT2D eigenvalue weighted by Gasteiger charge is -2.07. The maximum atomic E-state index is 5.58. The fraction of sp³-hybridized carbons (Fsp3) is 0.231. The first-order chi connectivity index (χ1) is 8.20. The summed E-state index contributed by atoms with van der Waals surface area (Å²) in [5, 5.41) is 0. The Morgan fingerprint density at radius 2 is 1.71 bits per heavy atom. The van der Waals surface area contributed by atoms with Crippen molar-refractivity contribution >= 4 is 15.9 Å². The second-order valence-electron chi connectivity index (χ2n) is 3.97. The van der Waals surface area contributed by atoms with E-state index < -0.39 is 0 Å². The van der Waals surface area contributed by atoms with Gasteiger partial charge in [-0.1, -0.05) is 35.0 Å². The summed E-state index contributed by atoms with van der Waals surface area (Å²) in [6.07, 6.45) is 3.69. The molecule has 88 valence electrons. The lowest BCUT2D eigenvalue weighted by Crippen LogP contribution is -2.11. The Labute approximate surface area is 109 Å². The first kappa shape index (κ1) is 12.2. The number of aromatic nitrogens is 2. The van der Waals surface area contributed by atoms with Crippen LogP contribution in [0.5, 0.6) is 0 Å². The van der Waals surface area contributed by atoms with Crippen molar-refractivity contribution in [1.82, 2.24) is 9.97 Å². The van der Waals surface area contributed by atoms with E-state index in [0.717, 1.165) is 21.4 Å². The van der Waals surface area contributed by atoms with E-state index in [1.54, 1.807) is 0 Å². The number of nitrogens with zero attached hydrogens (tertiary/aromatic N) is 2. The molecule has 2 N–H and O–H groups in total. The minimum atomic E-state index is 0.203. The molecule has 4 heteroatoms. The molecule has 2 aromatic rings. The molecular weight excluding hydrogens is 278 g/mol. The summed E-state index contributed by atoms with van der Waals surface area (Å²) in [7, 11) is 0. The minimum Gasteiger partial charge on any atom is -0.330 e. The van der Waals surface area contributed by atoms with Gasteiger partial charge in [0, 0.05) is 34.9 Å². The van der Waals surface area contributed by atoms with E-state index in [1.807, 2.05) is 43.6 Å². The number of halogens is 1. The van der Waals surface area contributed by atoms with E-state index in [0.29, 0.717) is 6.54 Å². The Hall–Kier alpha value is -1.26. The summed E-state index contributed by atoms with van der Waals surface area (Å²) in [6.45, 7) is 2.59. The Morgan fingerprint density at radius 3 is 2.24 bits per heavy atom. The zero-order chi connectivity index (χ0) is 12.3. The van der Waals surface area contributed by atoms with Gasteiger partial charge in [-0.15, -0.1) is 0 Å². The molecular formula is C13H14BrN3. The molecule has 1 aromatic heterocycles. The van der Waals surface area contributed by atoms with E-state index in [2.05, 4.69) is 25.9 Å². The molecule has 0 aliphatic rings. The summed E-state index contributed by atoms with van der Waals surface area (Å²) in [6, 6.07) is 8.08. The predicted octanol–water partition coefficient (Wildman–Crippen LogP) is 2.97. The monoisotopic (exact) mass is 291 g/mol. The quantitative estimate of drug-likeness (QED) is 0.946. The van der Waals surface area contributed by atoms with Crippen molar-refractivity contribution < 1.29 is 0 Å². The van der Waals surface area contributed by atoms with Gasteiger partial charge in [0.2, 0.25) is 0 Å². The lowest BCUT2D eigenvalue weighted by atomic mass is 10.1. The molecule has 1 aromatic carbocycles. The van der Waals surface area contributed by atoms with Crippen LogP contribution in [0.2, 0.25) is 0 Å². The summed E-state index contributed by atoms with van der Waals surface area (Å²) >= 11 is 3.41. The van der Waals surface area contributed by atoms with Crippen molar-refractivity contribution in [1.29, 1.82) is 0 Å². The van der Waals surface area contributed by atoms with Crippen LogP contribution in [0.4, 0.5) is 0 Å². The molecule has 3 nitrogen and oxygen atoms in total. The molecule has 2 rings (SSSR count). The zero-order valence-electron chi connectivity index (χ0n) is 9.60. The molecule has 1 heterocycles. The van der Waals surface area contributed by atoms with Gasteiger partial charge in [0.15, 0.2) is 0 Å². The Bertz CT molecular complexity index is 479. The van der Waals surface area contributed by atoms with E-state index in [4.69, 9.17) is 5.73 Å². The highest BCUT2D eigenvalue weighted by molar-refractivity contribution is 9.10. The van der Waals surface area contributed by atoms with Gasteiger partial charge >= 0.3 is 0 Å². The van der Waals surface area contributed by atoms with Crippen LogP contribution in [0.25, 0.3) is 11.1 Å². The number of benzene rings is 1. The van der Waals surface area contributed by atoms with Crippen LogP contribution in [-0.2, 0) is 0 Å². The maximum Gasteiger partial charge on any atom is 0.132 e. The average Bonchev–Trinajstić information content (AvgIpc) is 2.39. The number of hydrogen-bond donors (Lipinski definition) is 1. The highest BCUT2D eigenvalue weighted by atomic mass is 79.9. The Morgan fingerprint density at radius 1 is 1.12 bits per heavy atom. The Balaban J connectivity index is 2.26. The molecule has 1 unspecified atom stereocenters. The van der Waals surface area contributed by atoms with Gasteiger partial charge in [-0.25, -0.2) is 9.97 Å². The normalized spacial score (nSPS) is 12.4. The molecule has 0 saturated heterocycles. The minimum absolute atomic E-state index is 0.203. The molecule has 0 radical (unpaired) electrons. The van der Waals surface area contributed by atoms with Crippen molar-refractivity contribution in [3.63, 3.8) is 0 Å². The van der Waals surface area contributed by atoms with Crippen LogP contribution in [0.1, 0.15) is 18.7 Å². The van der Waals surface area contributed by atoms with E-state index >= 15 is 0 Å². The predicted molar refractivity (Wildman–Crippen MR) is 72.6 cm³/mol. The Kier molecular flexibility index (Phi) is 3.86. The van der Waals surface area contributed by atoms with E-state index in [1.165, 1.54) is 0 Å². The first-order valence-corrected chi connectivity index (χ1v) is 6.28. The molecule has 0 saturated carbocycles. The standard InChI is InChI=1S/C13H14BrN3/c1-9(6-15)13-16-7-11(8-17-13)10-2-4-12(14)5-3-10/h2-5,7-9H,6,15H2,1H3. The second-order valence-corrected chi connectivity index (χ2v) is 4.89. The summed E-state index contributed by atoms with van der Waals surface area (Å²) in [5.74, 6) is 1.00. The van der Waals surface area contributed by atoms with Crippen LogP contribution in [0.15, 0.2) is 41.1 Å². The molecule has 17 heavy (non-hydrogen) atoms. The third-order valence-corrected chi connectivity index (χ3v) is 3.17. The van der Waals surface area contributed by atoms with Gasteiger partial charge in [0.05, 0.1) is 0 Å². The first-order valence-electron chi connectivity index (χ1n) is 5.48. The van der Waals surface area contributed by atoms with Gasteiger partial charge in [-0.05, 0) is 17.7 Å². The maximum absolute atomic E-state index is 5.58. The number of nitrogens with two attached hydrogens (primary N) is 1. The zero-order valence-corrected chi connectivity index (χ0v) is 11.2. The van der Waals surface area contributed by atoms with Crippen molar-refractivity contribution in [2.75, 3.05) is 6.54 Å². The summed E-state index contributed by atoms with van der Waals surface area (Å²) in [4.78, 5) is 8.69. The third-order valence-electron chi connectivity index (χ3n) is 2.64. The highest BCUT2D eigenvalue weighted by Crippen LogP contribution is 2.21. The van der Waals surface area contributed by atoms with Gasteiger partial charge in [0.1, 0.15) is 5.82 Å². The lowest BCUT2D eigenvalue weighted by molar-refractivity contribution is 0.712. The van der Waals surface area contributed by atoms with Gasteiger partial charge in [-0.3, -0.25) is 0 Å². The van der Waals surface area contributed by atoms with Gasteiger partial charge in [0.25, 0.3) is 0 Å². The van der Waals surface area contributed by atoms with Gasteiger partial charge < -0.3 is 5.73 Å². The van der Waals surface area contributed by atoms with Crippen LogP contribution in [-0.4, -0.2) is 16.5 Å². The number of hydrogen-bond acceptors (Lipinski definition) is 3. The molecule has 0 fully saturated rings. The van der Waals surface area contributed by atoms with Crippen LogP contribution >= 0.6 is 15.9 Å². The molecule has 0 aliphatic carbocycles. The molecule has 0 spiro atoms. The van der Waals surface area contributed by atoms with Crippen LogP contribution in [0.3, 0.4) is 0 Å². The molecule has 1 atom stereocenters. The molecule has 0 amide bonds. The van der Waals surface area contributed by atoms with E-state index in [9.17, 15) is 0 Å². The largest absolute Gasteiger partial charge is 0.330 e. The van der Waals surface area contributed by atoms with Crippen LogP contribution in [0, 0.1) is 0 Å². The van der Waals surface area contributed by atoms with Crippen molar-refractivity contribution in [2.24, 2.45) is 5.73 Å². The SMILES string of the molecule is CC(CN)c1ncc(-c2ccc(Br)cc2)cn1. The van der Waals surface area contributed by atoms with Crippen LogP contribution < -0.4 is 5.73 Å². The summed E-state index contributed by atoms with van der Waals surface area (Å²) in [5.41, 5.74) is 7.71. The topological polar surface area (TPSA) is 51.8 Å². The smallest absolute Gasteiger partial charge is 0.132 e. The fourth-order valence-corrected chi connectivity index (χ4v) is 1.75. The summed E-state index contributed by atoms with van der Waals surface area (Å²) < 4.78 is 1.07. The highest BCUT2D eigenvalue weighted by Gasteiger charge is 2.06. The van der Waals surface area contributed by atoms with E-state index in [-0.39, 0.29) is 5.92 Å². The molecule has 0 aliphatic heterocycles. The molecule has 0 bridgehead atoms. The fourth-order valence-electron chi connectivity index (χ4n) is 1.49. The second kappa shape index (κ2) is 5.38. The number of rotatable bonds is 3. The average molecular weight is 292 g/mol. The van der Waals surface area contributed by atoms with Gasteiger partial charge in [-0.2, -0.15) is 0 Å². The van der Waals surface area contributed by atoms with Crippen molar-refractivity contribution in [3.8, 4) is 11.1 Å². The van der Waals surface area contributed by atoms with Crippen molar-refractivity contribution in [2.45, 2.75) is 12.8 Å².